The van der Waals surface area contributed by atoms with Crippen LogP contribution in [-0.4, -0.2) is 70.1 Å². The molecule has 0 N–H and O–H groups in total. The molecule has 1 saturated heterocycles. The number of nitro groups is 1. The molecule has 0 amide bonds. The van der Waals surface area contributed by atoms with Crippen molar-refractivity contribution >= 4 is 11.8 Å². The van der Waals surface area contributed by atoms with Gasteiger partial charge in [-0.15, -0.1) is 0 Å². The molecule has 2 heterocycles. The van der Waals surface area contributed by atoms with Gasteiger partial charge >= 0.3 is 11.8 Å². The van der Waals surface area contributed by atoms with E-state index in [2.05, 4.69) is 21.8 Å². The Morgan fingerprint density at radius 2 is 2.04 bits per heavy atom. The monoisotopic (exact) mass is 387 g/mol. The van der Waals surface area contributed by atoms with Gasteiger partial charge in [0.05, 0.1) is 5.56 Å². The molecular weight excluding hydrogens is 362 g/mol. The molecule has 2 aromatic rings. The van der Waals surface area contributed by atoms with Crippen molar-refractivity contribution in [3.8, 4) is 0 Å². The highest BCUT2D eigenvalue weighted by molar-refractivity contribution is 5.89. The minimum absolute atomic E-state index is 0.0412. The first-order valence-corrected chi connectivity index (χ1v) is 9.27. The summed E-state index contributed by atoms with van der Waals surface area (Å²) in [6.07, 6.45) is 1.21. The van der Waals surface area contributed by atoms with Crippen LogP contribution in [0, 0.1) is 17.0 Å². The number of benzene rings is 1. The fourth-order valence-electron chi connectivity index (χ4n) is 3.25. The molecule has 0 aliphatic carbocycles. The molecule has 150 valence electrons. The second-order valence-corrected chi connectivity index (χ2v) is 6.99. The van der Waals surface area contributed by atoms with Gasteiger partial charge in [0.2, 0.25) is 0 Å². The Labute approximate surface area is 163 Å². The van der Waals surface area contributed by atoms with E-state index in [0.29, 0.717) is 11.4 Å². The minimum atomic E-state index is -0.496. The van der Waals surface area contributed by atoms with Crippen molar-refractivity contribution in [2.75, 3.05) is 39.8 Å². The molecule has 1 aliphatic heterocycles. The van der Waals surface area contributed by atoms with Gasteiger partial charge in [-0.3, -0.25) is 4.90 Å². The van der Waals surface area contributed by atoms with Crippen LogP contribution in [0.25, 0.3) is 0 Å². The Hall–Kier alpha value is -2.78. The highest BCUT2D eigenvalue weighted by atomic mass is 16.6. The number of hydrogen-bond acceptors (Lipinski definition) is 7. The summed E-state index contributed by atoms with van der Waals surface area (Å²) in [7, 11) is 2.12. The lowest BCUT2D eigenvalue weighted by atomic mass is 10.1. The molecule has 0 spiro atoms. The SMILES string of the molecule is Cc1ncc([N+](=O)[O-])n1CCOC(=O)c1cccc(CN2CCN(C)CC2)c1. The first-order valence-electron chi connectivity index (χ1n) is 9.27. The number of nitrogens with zero attached hydrogens (tertiary/aromatic N) is 5. The zero-order chi connectivity index (χ0) is 20.1. The van der Waals surface area contributed by atoms with Gasteiger partial charge in [-0.25, -0.2) is 14.3 Å². The van der Waals surface area contributed by atoms with Gasteiger partial charge < -0.3 is 19.8 Å². The molecule has 0 unspecified atom stereocenters. The Morgan fingerprint density at radius 3 is 2.75 bits per heavy atom. The van der Waals surface area contributed by atoms with E-state index in [-0.39, 0.29) is 19.0 Å². The third-order valence-corrected chi connectivity index (χ3v) is 4.93. The van der Waals surface area contributed by atoms with Gasteiger partial charge in [-0.05, 0) is 29.7 Å². The van der Waals surface area contributed by atoms with Crippen molar-refractivity contribution in [1.82, 2.24) is 19.4 Å². The molecule has 28 heavy (non-hydrogen) atoms. The minimum Gasteiger partial charge on any atom is -0.458 e. The van der Waals surface area contributed by atoms with Crippen molar-refractivity contribution in [1.29, 1.82) is 0 Å². The number of hydrogen-bond donors (Lipinski definition) is 0. The molecule has 1 aromatic heterocycles. The van der Waals surface area contributed by atoms with Gasteiger partial charge in [0, 0.05) is 39.6 Å². The number of rotatable bonds is 7. The zero-order valence-corrected chi connectivity index (χ0v) is 16.2. The van der Waals surface area contributed by atoms with Gasteiger partial charge in [-0.2, -0.15) is 0 Å². The summed E-state index contributed by atoms with van der Waals surface area (Å²) >= 11 is 0. The summed E-state index contributed by atoms with van der Waals surface area (Å²) in [4.78, 5) is 31.5. The van der Waals surface area contributed by atoms with E-state index >= 15 is 0 Å². The number of likely N-dealkylation sites (N-methyl/N-ethyl adjacent to an activating group) is 1. The lowest BCUT2D eigenvalue weighted by molar-refractivity contribution is -0.392. The Morgan fingerprint density at radius 1 is 1.29 bits per heavy atom. The quantitative estimate of drug-likeness (QED) is 0.405. The number of carbonyl (C=O) groups excluding carboxylic acids is 1. The van der Waals surface area contributed by atoms with E-state index < -0.39 is 10.9 Å². The molecule has 1 fully saturated rings. The maximum absolute atomic E-state index is 12.4. The average Bonchev–Trinajstić information content (AvgIpc) is 3.05. The molecule has 0 atom stereocenters. The largest absolute Gasteiger partial charge is 0.458 e. The Balaban J connectivity index is 1.55. The molecule has 0 bridgehead atoms. The fraction of sp³-hybridized carbons (Fsp3) is 0.474. The van der Waals surface area contributed by atoms with Crippen molar-refractivity contribution in [3.05, 3.63) is 57.5 Å². The number of aryl methyl sites for hydroxylation is 1. The number of imidazole rings is 1. The van der Waals surface area contributed by atoms with Crippen LogP contribution >= 0.6 is 0 Å². The van der Waals surface area contributed by atoms with E-state index in [0.717, 1.165) is 38.3 Å². The number of carbonyl (C=O) groups is 1. The standard InChI is InChI=1S/C19H25N5O4/c1-15-20-13-18(24(26)27)23(15)10-11-28-19(25)17-5-3-4-16(12-17)14-22-8-6-21(2)7-9-22/h3-5,12-13H,6-11,14H2,1-2H3. The van der Waals surface area contributed by atoms with Crippen LogP contribution < -0.4 is 0 Å². The molecule has 0 radical (unpaired) electrons. The Kier molecular flexibility index (Phi) is 6.37. The molecule has 3 rings (SSSR count). The predicted octanol–water partition coefficient (Wildman–Crippen LogP) is 1.70. The molecule has 1 aliphatic rings. The molecule has 0 saturated carbocycles. The summed E-state index contributed by atoms with van der Waals surface area (Å²) in [5, 5.41) is 11.0. The van der Waals surface area contributed by atoms with Crippen molar-refractivity contribution in [3.63, 3.8) is 0 Å². The second kappa shape index (κ2) is 8.94. The topological polar surface area (TPSA) is 93.7 Å². The van der Waals surface area contributed by atoms with Crippen molar-refractivity contribution < 1.29 is 14.5 Å². The highest BCUT2D eigenvalue weighted by Gasteiger charge is 2.18. The first-order chi connectivity index (χ1) is 13.4. The highest BCUT2D eigenvalue weighted by Crippen LogP contribution is 2.14. The van der Waals surface area contributed by atoms with Crippen LogP contribution in [-0.2, 0) is 17.8 Å². The van der Waals surface area contributed by atoms with Crippen LogP contribution in [0.3, 0.4) is 0 Å². The summed E-state index contributed by atoms with van der Waals surface area (Å²) < 4.78 is 6.75. The summed E-state index contributed by atoms with van der Waals surface area (Å²) in [6, 6.07) is 7.44. The third-order valence-electron chi connectivity index (χ3n) is 4.93. The summed E-state index contributed by atoms with van der Waals surface area (Å²) in [6.45, 7) is 6.81. The zero-order valence-electron chi connectivity index (χ0n) is 16.2. The smallest absolute Gasteiger partial charge is 0.342 e. The molecule has 9 nitrogen and oxygen atoms in total. The van der Waals surface area contributed by atoms with Crippen LogP contribution in [0.1, 0.15) is 21.7 Å². The van der Waals surface area contributed by atoms with Gasteiger partial charge in [0.1, 0.15) is 19.3 Å². The number of piperazine rings is 1. The first kappa shape index (κ1) is 20.0. The van der Waals surface area contributed by atoms with Gasteiger partial charge in [0.25, 0.3) is 0 Å². The molecule has 1 aromatic carbocycles. The van der Waals surface area contributed by atoms with Gasteiger partial charge in [-0.1, -0.05) is 12.1 Å². The fourth-order valence-corrected chi connectivity index (χ4v) is 3.25. The van der Waals surface area contributed by atoms with Crippen molar-refractivity contribution in [2.24, 2.45) is 0 Å². The maximum Gasteiger partial charge on any atom is 0.342 e. The Bertz CT molecular complexity index is 843. The second-order valence-electron chi connectivity index (χ2n) is 6.99. The normalized spacial score (nSPS) is 15.5. The van der Waals surface area contributed by atoms with Crippen LogP contribution in [0.5, 0.6) is 0 Å². The van der Waals surface area contributed by atoms with E-state index in [1.54, 1.807) is 13.0 Å². The van der Waals surface area contributed by atoms with Crippen LogP contribution in [0.15, 0.2) is 30.5 Å². The number of aromatic nitrogens is 2. The number of ether oxygens (including phenoxy) is 1. The maximum atomic E-state index is 12.4. The van der Waals surface area contributed by atoms with Gasteiger partial charge in [0.15, 0.2) is 5.82 Å². The van der Waals surface area contributed by atoms with Crippen LogP contribution in [0.2, 0.25) is 0 Å². The predicted molar refractivity (Wildman–Crippen MR) is 103 cm³/mol. The van der Waals surface area contributed by atoms with E-state index in [4.69, 9.17) is 4.74 Å². The van der Waals surface area contributed by atoms with Crippen LogP contribution in [0.4, 0.5) is 5.82 Å². The van der Waals surface area contributed by atoms with E-state index in [1.807, 2.05) is 18.2 Å². The third kappa shape index (κ3) is 4.93. The van der Waals surface area contributed by atoms with Crippen molar-refractivity contribution in [2.45, 2.75) is 20.0 Å². The summed E-state index contributed by atoms with van der Waals surface area (Å²) in [5.74, 6) is -0.0275. The average molecular weight is 387 g/mol. The van der Waals surface area contributed by atoms with E-state index in [1.165, 1.54) is 10.8 Å². The lowest BCUT2D eigenvalue weighted by Crippen LogP contribution is -2.43. The lowest BCUT2D eigenvalue weighted by Gasteiger charge is -2.32. The number of esters is 1. The van der Waals surface area contributed by atoms with E-state index in [9.17, 15) is 14.9 Å². The summed E-state index contributed by atoms with van der Waals surface area (Å²) in [5.41, 5.74) is 1.56. The molecule has 9 heteroatoms. The molecular formula is C19H25N5O4.